The van der Waals surface area contributed by atoms with Crippen LogP contribution in [0.3, 0.4) is 0 Å². The Morgan fingerprint density at radius 2 is 1.86 bits per heavy atom. The van der Waals surface area contributed by atoms with Gasteiger partial charge < -0.3 is 20.0 Å². The van der Waals surface area contributed by atoms with Crippen molar-refractivity contribution in [3.05, 3.63) is 48.2 Å². The van der Waals surface area contributed by atoms with Crippen molar-refractivity contribution in [2.24, 2.45) is 0 Å². The van der Waals surface area contributed by atoms with Crippen LogP contribution in [0.15, 0.2) is 42.6 Å². The highest BCUT2D eigenvalue weighted by molar-refractivity contribution is 5.89. The molecule has 2 amide bonds. The number of carbonyl (C=O) groups is 1. The van der Waals surface area contributed by atoms with Crippen molar-refractivity contribution in [3.63, 3.8) is 0 Å². The Bertz CT molecular complexity index is 854. The molecule has 156 valence electrons. The Balaban J connectivity index is 1.65. The Labute approximate surface area is 167 Å². The first-order chi connectivity index (χ1) is 13.7. The molecule has 0 bridgehead atoms. The van der Waals surface area contributed by atoms with Crippen molar-refractivity contribution >= 4 is 23.2 Å². The molecule has 0 aliphatic carbocycles. The minimum atomic E-state index is -4.40. The number of piperazine rings is 1. The minimum absolute atomic E-state index is 0.0878. The lowest BCUT2D eigenvalue weighted by atomic mass is 10.2. The predicted octanol–water partition coefficient (Wildman–Crippen LogP) is 3.91. The summed E-state index contributed by atoms with van der Waals surface area (Å²) in [7, 11) is 3.91. The zero-order chi connectivity index (χ0) is 21.2. The van der Waals surface area contributed by atoms with E-state index in [1.54, 1.807) is 11.1 Å². The van der Waals surface area contributed by atoms with E-state index in [1.165, 1.54) is 12.1 Å². The van der Waals surface area contributed by atoms with Crippen LogP contribution in [0.2, 0.25) is 0 Å². The molecule has 1 fully saturated rings. The number of rotatable bonds is 3. The molecule has 1 atom stereocenters. The zero-order valence-electron chi connectivity index (χ0n) is 16.6. The van der Waals surface area contributed by atoms with Crippen LogP contribution in [0.1, 0.15) is 12.5 Å². The summed E-state index contributed by atoms with van der Waals surface area (Å²) in [6, 6.07) is 7.91. The molecular formula is C20H24F3N5O. The number of amides is 2. The normalized spacial score (nSPS) is 17.2. The van der Waals surface area contributed by atoms with E-state index < -0.39 is 11.7 Å². The molecule has 0 saturated carbocycles. The highest BCUT2D eigenvalue weighted by atomic mass is 19.4. The van der Waals surface area contributed by atoms with Gasteiger partial charge in [0.05, 0.1) is 11.3 Å². The number of nitrogens with zero attached hydrogens (tertiary/aromatic N) is 4. The molecular weight excluding hydrogens is 383 g/mol. The van der Waals surface area contributed by atoms with Crippen LogP contribution in [0.25, 0.3) is 0 Å². The number of hydrogen-bond donors (Lipinski definition) is 1. The number of nitrogens with one attached hydrogen (secondary N) is 1. The average molecular weight is 407 g/mol. The second-order valence-electron chi connectivity index (χ2n) is 7.23. The van der Waals surface area contributed by atoms with E-state index in [9.17, 15) is 18.0 Å². The maximum Gasteiger partial charge on any atom is 0.416 e. The van der Waals surface area contributed by atoms with Gasteiger partial charge in [0.25, 0.3) is 0 Å². The van der Waals surface area contributed by atoms with E-state index in [-0.39, 0.29) is 12.1 Å². The maximum absolute atomic E-state index is 12.7. The first-order valence-electron chi connectivity index (χ1n) is 9.29. The van der Waals surface area contributed by atoms with E-state index in [4.69, 9.17) is 0 Å². The van der Waals surface area contributed by atoms with Gasteiger partial charge in [-0.25, -0.2) is 9.78 Å². The smallest absolute Gasteiger partial charge is 0.375 e. The fourth-order valence-electron chi connectivity index (χ4n) is 3.37. The van der Waals surface area contributed by atoms with Crippen LogP contribution in [0, 0.1) is 0 Å². The first-order valence-corrected chi connectivity index (χ1v) is 9.29. The lowest BCUT2D eigenvalue weighted by Crippen LogP contribution is -2.55. The van der Waals surface area contributed by atoms with Gasteiger partial charge in [0.1, 0.15) is 0 Å². The molecule has 9 heteroatoms. The molecule has 6 nitrogen and oxygen atoms in total. The number of anilines is 3. The predicted molar refractivity (Wildman–Crippen MR) is 107 cm³/mol. The minimum Gasteiger partial charge on any atom is -0.375 e. The third-order valence-electron chi connectivity index (χ3n) is 4.90. The standard InChI is InChI=1S/C20H24F3N5O/c1-14-13-27(18-17(26(2)3)5-4-10-24-18)11-12-28(14)19(29)25-16-8-6-15(7-9-16)20(21,22)23/h4-10,14H,11-13H2,1-3H3,(H,25,29)/t14-/m1/s1. The summed E-state index contributed by atoms with van der Waals surface area (Å²) in [5.74, 6) is 0.868. The lowest BCUT2D eigenvalue weighted by molar-refractivity contribution is -0.137. The molecule has 0 spiro atoms. The Kier molecular flexibility index (Phi) is 5.86. The van der Waals surface area contributed by atoms with Gasteiger partial charge in [-0.05, 0) is 43.3 Å². The highest BCUT2D eigenvalue weighted by Crippen LogP contribution is 2.30. The Hall–Kier alpha value is -2.97. The monoisotopic (exact) mass is 407 g/mol. The average Bonchev–Trinajstić information content (AvgIpc) is 2.67. The second kappa shape index (κ2) is 8.18. The maximum atomic E-state index is 12.7. The number of carbonyl (C=O) groups excluding carboxylic acids is 1. The zero-order valence-corrected chi connectivity index (χ0v) is 16.6. The van der Waals surface area contributed by atoms with Crippen molar-refractivity contribution in [3.8, 4) is 0 Å². The quantitative estimate of drug-likeness (QED) is 0.838. The number of pyridine rings is 1. The van der Waals surface area contributed by atoms with Crippen molar-refractivity contribution in [2.75, 3.05) is 48.8 Å². The summed E-state index contributed by atoms with van der Waals surface area (Å²) in [5, 5.41) is 2.68. The van der Waals surface area contributed by atoms with Crippen molar-refractivity contribution in [1.29, 1.82) is 0 Å². The fourth-order valence-corrected chi connectivity index (χ4v) is 3.37. The highest BCUT2D eigenvalue weighted by Gasteiger charge is 2.31. The SMILES string of the molecule is C[C@@H]1CN(c2ncccc2N(C)C)CCN1C(=O)Nc1ccc(C(F)(F)F)cc1. The molecule has 2 aromatic rings. The van der Waals surface area contributed by atoms with Crippen LogP contribution in [-0.4, -0.2) is 55.7 Å². The third kappa shape index (κ3) is 4.72. The summed E-state index contributed by atoms with van der Waals surface area (Å²) in [5.41, 5.74) is 0.587. The Morgan fingerprint density at radius 1 is 1.17 bits per heavy atom. The molecule has 2 heterocycles. The van der Waals surface area contributed by atoms with Gasteiger partial charge in [-0.2, -0.15) is 13.2 Å². The van der Waals surface area contributed by atoms with Gasteiger partial charge >= 0.3 is 12.2 Å². The van der Waals surface area contributed by atoms with Gasteiger partial charge in [0.2, 0.25) is 0 Å². The summed E-state index contributed by atoms with van der Waals surface area (Å²) >= 11 is 0. The molecule has 1 aromatic heterocycles. The van der Waals surface area contributed by atoms with Crippen LogP contribution >= 0.6 is 0 Å². The van der Waals surface area contributed by atoms with Crippen molar-refractivity contribution in [1.82, 2.24) is 9.88 Å². The molecule has 0 radical (unpaired) electrons. The van der Waals surface area contributed by atoms with E-state index in [0.717, 1.165) is 23.6 Å². The Morgan fingerprint density at radius 3 is 2.45 bits per heavy atom. The van der Waals surface area contributed by atoms with E-state index in [2.05, 4.69) is 15.2 Å². The number of hydrogen-bond acceptors (Lipinski definition) is 4. The van der Waals surface area contributed by atoms with Gasteiger partial charge in [0, 0.05) is 51.7 Å². The molecule has 3 rings (SSSR count). The van der Waals surface area contributed by atoms with E-state index >= 15 is 0 Å². The number of urea groups is 1. The lowest BCUT2D eigenvalue weighted by Gasteiger charge is -2.41. The van der Waals surface area contributed by atoms with Gasteiger partial charge in [-0.1, -0.05) is 0 Å². The third-order valence-corrected chi connectivity index (χ3v) is 4.90. The summed E-state index contributed by atoms with van der Waals surface area (Å²) in [6.45, 7) is 3.65. The fraction of sp³-hybridized carbons (Fsp3) is 0.400. The van der Waals surface area contributed by atoms with Crippen molar-refractivity contribution in [2.45, 2.75) is 19.1 Å². The van der Waals surface area contributed by atoms with Crippen LogP contribution < -0.4 is 15.1 Å². The largest absolute Gasteiger partial charge is 0.416 e. The summed E-state index contributed by atoms with van der Waals surface area (Å²) in [4.78, 5) is 22.9. The topological polar surface area (TPSA) is 51.7 Å². The number of aromatic nitrogens is 1. The number of halogens is 3. The first kappa shape index (κ1) is 20.8. The molecule has 29 heavy (non-hydrogen) atoms. The van der Waals surface area contributed by atoms with Crippen LogP contribution in [0.5, 0.6) is 0 Å². The molecule has 1 saturated heterocycles. The molecule has 1 aliphatic heterocycles. The number of benzene rings is 1. The molecule has 1 aliphatic rings. The van der Waals surface area contributed by atoms with Gasteiger partial charge in [-0.3, -0.25) is 0 Å². The van der Waals surface area contributed by atoms with Crippen LogP contribution in [0.4, 0.5) is 35.2 Å². The number of alkyl halides is 3. The molecule has 1 N–H and O–H groups in total. The summed E-state index contributed by atoms with van der Waals surface area (Å²) < 4.78 is 38.0. The van der Waals surface area contributed by atoms with Gasteiger partial charge in [0.15, 0.2) is 5.82 Å². The molecule has 0 unspecified atom stereocenters. The molecule has 1 aromatic carbocycles. The van der Waals surface area contributed by atoms with E-state index in [0.29, 0.717) is 25.3 Å². The van der Waals surface area contributed by atoms with E-state index in [1.807, 2.05) is 38.1 Å². The van der Waals surface area contributed by atoms with Crippen LogP contribution in [-0.2, 0) is 6.18 Å². The van der Waals surface area contributed by atoms with Gasteiger partial charge in [-0.15, -0.1) is 0 Å². The van der Waals surface area contributed by atoms with Crippen molar-refractivity contribution < 1.29 is 18.0 Å². The second-order valence-corrected chi connectivity index (χ2v) is 7.23. The summed E-state index contributed by atoms with van der Waals surface area (Å²) in [6.07, 6.45) is -2.65.